The number of rotatable bonds is 7. The van der Waals surface area contributed by atoms with Crippen LogP contribution in [-0.4, -0.2) is 19.4 Å². The van der Waals surface area contributed by atoms with E-state index in [2.05, 4.69) is 0 Å². The molecule has 0 saturated carbocycles. The highest BCUT2D eigenvalue weighted by atomic mass is 31.2. The van der Waals surface area contributed by atoms with Gasteiger partial charge in [0.2, 0.25) is 0 Å². The molecular formula is C10H14N3O3P. The highest BCUT2D eigenvalue weighted by molar-refractivity contribution is 7.56. The van der Waals surface area contributed by atoms with Gasteiger partial charge in [-0.2, -0.15) is 15.8 Å². The van der Waals surface area contributed by atoms with E-state index in [4.69, 9.17) is 19.6 Å². The summed E-state index contributed by atoms with van der Waals surface area (Å²) >= 11 is 0. The summed E-state index contributed by atoms with van der Waals surface area (Å²) < 4.78 is 22.0. The summed E-state index contributed by atoms with van der Waals surface area (Å²) in [5.41, 5.74) is 0. The minimum atomic E-state index is -3.65. The summed E-state index contributed by atoms with van der Waals surface area (Å²) in [5.74, 6) is 0. The van der Waals surface area contributed by atoms with Crippen LogP contribution in [0.1, 0.15) is 25.7 Å². The maximum absolute atomic E-state index is 12.3. The first-order chi connectivity index (χ1) is 8.05. The van der Waals surface area contributed by atoms with Gasteiger partial charge in [-0.1, -0.05) is 0 Å². The minimum absolute atomic E-state index is 0.0513. The van der Waals surface area contributed by atoms with Crippen LogP contribution in [0.2, 0.25) is 0 Å². The molecule has 0 aromatic carbocycles. The molecule has 0 radical (unpaired) electrons. The standard InChI is InChI=1S/C10H14N3O3P/c1-15-17(14,16-2)10(9-13,5-3-7-11)6-4-8-12/h3-6H2,1-2H3. The van der Waals surface area contributed by atoms with E-state index in [9.17, 15) is 9.83 Å². The van der Waals surface area contributed by atoms with Gasteiger partial charge in [-0.25, -0.2) is 0 Å². The predicted molar refractivity (Wildman–Crippen MR) is 59.7 cm³/mol. The maximum Gasteiger partial charge on any atom is 0.350 e. The molecule has 0 aliphatic carbocycles. The van der Waals surface area contributed by atoms with Gasteiger partial charge >= 0.3 is 7.60 Å². The Kier molecular flexibility index (Phi) is 6.47. The van der Waals surface area contributed by atoms with E-state index >= 15 is 0 Å². The first kappa shape index (κ1) is 15.6. The highest BCUT2D eigenvalue weighted by Gasteiger charge is 2.50. The van der Waals surface area contributed by atoms with E-state index in [1.54, 1.807) is 0 Å². The van der Waals surface area contributed by atoms with Gasteiger partial charge in [0.1, 0.15) is 0 Å². The average molecular weight is 255 g/mol. The van der Waals surface area contributed by atoms with Crippen LogP contribution >= 0.6 is 7.60 Å². The van der Waals surface area contributed by atoms with Gasteiger partial charge in [-0.15, -0.1) is 0 Å². The van der Waals surface area contributed by atoms with Gasteiger partial charge in [-0.05, 0) is 12.8 Å². The van der Waals surface area contributed by atoms with Gasteiger partial charge in [-0.3, -0.25) is 4.57 Å². The van der Waals surface area contributed by atoms with Crippen LogP contribution in [0.15, 0.2) is 0 Å². The summed E-state index contributed by atoms with van der Waals surface area (Å²) in [5, 5.41) is 24.9. The molecule has 0 amide bonds. The van der Waals surface area contributed by atoms with Crippen LogP contribution in [0.5, 0.6) is 0 Å². The lowest BCUT2D eigenvalue weighted by molar-refractivity contribution is 0.250. The van der Waals surface area contributed by atoms with Crippen molar-refractivity contribution in [1.82, 2.24) is 0 Å². The van der Waals surface area contributed by atoms with E-state index in [1.165, 1.54) is 14.2 Å². The molecule has 0 spiro atoms. The molecule has 0 aliphatic heterocycles. The van der Waals surface area contributed by atoms with Gasteiger partial charge < -0.3 is 9.05 Å². The molecule has 0 aliphatic rings. The normalized spacial score (nSPS) is 11.2. The van der Waals surface area contributed by atoms with Crippen molar-refractivity contribution in [2.45, 2.75) is 30.8 Å². The third-order valence-corrected chi connectivity index (χ3v) is 5.07. The molecule has 92 valence electrons. The molecule has 0 heterocycles. The summed E-state index contributed by atoms with van der Waals surface area (Å²) in [6.07, 6.45) is 0.215. The SMILES string of the molecule is COP(=O)(OC)C(C#N)(CCC#N)CCC#N. The molecule has 0 bridgehead atoms. The molecular weight excluding hydrogens is 241 g/mol. The average Bonchev–Trinajstić information content (AvgIpc) is 2.38. The van der Waals surface area contributed by atoms with Crippen molar-refractivity contribution >= 4 is 7.60 Å². The van der Waals surface area contributed by atoms with Gasteiger partial charge in [0.05, 0.1) is 18.2 Å². The van der Waals surface area contributed by atoms with Crippen molar-refractivity contribution in [2.75, 3.05) is 14.2 Å². The molecule has 0 unspecified atom stereocenters. The Morgan fingerprint density at radius 2 is 1.47 bits per heavy atom. The van der Waals surface area contributed by atoms with Gasteiger partial charge in [0, 0.05) is 27.1 Å². The quantitative estimate of drug-likeness (QED) is 0.646. The van der Waals surface area contributed by atoms with Crippen molar-refractivity contribution < 1.29 is 13.6 Å². The second-order valence-electron chi connectivity index (χ2n) is 3.32. The third-order valence-electron chi connectivity index (χ3n) is 2.51. The molecule has 0 atom stereocenters. The Labute approximate surface area is 101 Å². The smallest absolute Gasteiger partial charge is 0.311 e. The molecule has 6 nitrogen and oxygen atoms in total. The zero-order valence-electron chi connectivity index (χ0n) is 9.84. The lowest BCUT2D eigenvalue weighted by Gasteiger charge is -2.30. The fraction of sp³-hybridized carbons (Fsp3) is 0.700. The second kappa shape index (κ2) is 7.05. The summed E-state index contributed by atoms with van der Waals surface area (Å²) in [7, 11) is -1.27. The summed E-state index contributed by atoms with van der Waals surface area (Å²) in [4.78, 5) is 0. The van der Waals surface area contributed by atoms with Crippen LogP contribution in [-0.2, 0) is 13.6 Å². The lowest BCUT2D eigenvalue weighted by Crippen LogP contribution is -2.28. The molecule has 0 aromatic rings. The minimum Gasteiger partial charge on any atom is -0.311 e. The molecule has 7 heteroatoms. The molecule has 0 fully saturated rings. The number of hydrogen-bond donors (Lipinski definition) is 0. The van der Waals surface area contributed by atoms with Crippen LogP contribution in [0.4, 0.5) is 0 Å². The van der Waals surface area contributed by atoms with Crippen molar-refractivity contribution in [1.29, 1.82) is 15.8 Å². The third kappa shape index (κ3) is 3.29. The van der Waals surface area contributed by atoms with Crippen LogP contribution in [0.25, 0.3) is 0 Å². The first-order valence-electron chi connectivity index (χ1n) is 4.92. The van der Waals surface area contributed by atoms with E-state index < -0.39 is 12.8 Å². The van der Waals surface area contributed by atoms with Crippen molar-refractivity contribution in [3.8, 4) is 18.2 Å². The monoisotopic (exact) mass is 255 g/mol. The number of nitriles is 3. The van der Waals surface area contributed by atoms with E-state index in [1.807, 2.05) is 18.2 Å². The fourth-order valence-corrected chi connectivity index (χ4v) is 3.26. The second-order valence-corrected chi connectivity index (χ2v) is 5.90. The van der Waals surface area contributed by atoms with Crippen LogP contribution in [0.3, 0.4) is 0 Å². The maximum atomic E-state index is 12.3. The highest BCUT2D eigenvalue weighted by Crippen LogP contribution is 2.62. The number of hydrogen-bond acceptors (Lipinski definition) is 6. The predicted octanol–water partition coefficient (Wildman–Crippen LogP) is 2.34. The number of nitrogens with zero attached hydrogens (tertiary/aromatic N) is 3. The Bertz CT molecular complexity index is 390. The zero-order valence-corrected chi connectivity index (χ0v) is 10.7. The first-order valence-corrected chi connectivity index (χ1v) is 6.47. The fourth-order valence-electron chi connectivity index (χ4n) is 1.52. The van der Waals surface area contributed by atoms with E-state index in [0.717, 1.165) is 0 Å². The summed E-state index contributed by atoms with van der Waals surface area (Å²) in [6, 6.07) is 5.69. The van der Waals surface area contributed by atoms with Crippen molar-refractivity contribution in [2.24, 2.45) is 0 Å². The summed E-state index contributed by atoms with van der Waals surface area (Å²) in [6.45, 7) is 0. The largest absolute Gasteiger partial charge is 0.350 e. The Morgan fingerprint density at radius 3 is 1.71 bits per heavy atom. The Hall–Kier alpha value is -1.38. The Balaban J connectivity index is 5.34. The van der Waals surface area contributed by atoms with Crippen LogP contribution < -0.4 is 0 Å². The van der Waals surface area contributed by atoms with Gasteiger partial charge in [0.15, 0.2) is 5.16 Å². The topological polar surface area (TPSA) is 107 Å². The molecule has 0 rings (SSSR count). The molecule has 0 N–H and O–H groups in total. The van der Waals surface area contributed by atoms with Gasteiger partial charge in [0.25, 0.3) is 0 Å². The molecule has 17 heavy (non-hydrogen) atoms. The zero-order chi connectivity index (χ0) is 13.4. The van der Waals surface area contributed by atoms with E-state index in [0.29, 0.717) is 0 Å². The molecule has 0 saturated heterocycles. The molecule has 0 aromatic heterocycles. The lowest BCUT2D eigenvalue weighted by atomic mass is 9.99. The Morgan fingerprint density at radius 1 is 1.06 bits per heavy atom. The van der Waals surface area contributed by atoms with E-state index in [-0.39, 0.29) is 25.7 Å². The van der Waals surface area contributed by atoms with Crippen molar-refractivity contribution in [3.05, 3.63) is 0 Å². The van der Waals surface area contributed by atoms with Crippen molar-refractivity contribution in [3.63, 3.8) is 0 Å². The van der Waals surface area contributed by atoms with Crippen LogP contribution in [0, 0.1) is 34.0 Å².